The van der Waals surface area contributed by atoms with Crippen molar-refractivity contribution in [2.75, 3.05) is 18.0 Å². The van der Waals surface area contributed by atoms with Gasteiger partial charge in [-0.05, 0) is 22.4 Å². The van der Waals surface area contributed by atoms with Crippen LogP contribution in [0.3, 0.4) is 0 Å². The number of hydrogen-bond acceptors (Lipinski definition) is 4. The van der Waals surface area contributed by atoms with E-state index < -0.39 is 0 Å². The third-order valence-corrected chi connectivity index (χ3v) is 3.17. The van der Waals surface area contributed by atoms with Crippen LogP contribution in [0, 0.1) is 0 Å². The maximum absolute atomic E-state index is 9.54. The number of aliphatic hydroxyl groups is 1. The average Bonchev–Trinajstić information content (AvgIpc) is 2.84. The first-order valence-corrected chi connectivity index (χ1v) is 5.95. The molecule has 1 saturated heterocycles. The fourth-order valence-corrected chi connectivity index (χ4v) is 2.42. The summed E-state index contributed by atoms with van der Waals surface area (Å²) in [7, 11) is 0. The van der Waals surface area contributed by atoms with Crippen molar-refractivity contribution in [3.8, 4) is 0 Å². The van der Waals surface area contributed by atoms with E-state index in [1.165, 1.54) is 0 Å². The van der Waals surface area contributed by atoms with Crippen LogP contribution in [-0.4, -0.2) is 38.7 Å². The molecule has 0 aromatic carbocycles. The highest BCUT2D eigenvalue weighted by Crippen LogP contribution is 2.24. The molecule has 5 nitrogen and oxygen atoms in total. The van der Waals surface area contributed by atoms with Crippen LogP contribution >= 0.6 is 15.9 Å². The highest BCUT2D eigenvalue weighted by atomic mass is 79.9. The molecule has 1 aliphatic rings. The summed E-state index contributed by atoms with van der Waals surface area (Å²) >= 11 is 3.38. The van der Waals surface area contributed by atoms with E-state index in [2.05, 4.69) is 30.8 Å². The molecule has 0 spiro atoms. The number of fused-ring (bicyclic) bond motifs is 1. The number of rotatable bonds is 1. The van der Waals surface area contributed by atoms with Crippen LogP contribution in [0.25, 0.3) is 5.65 Å². The lowest BCUT2D eigenvalue weighted by atomic mass is 10.3. The zero-order valence-electron chi connectivity index (χ0n) is 8.54. The van der Waals surface area contributed by atoms with Gasteiger partial charge in [0.25, 0.3) is 0 Å². The molecule has 0 saturated carbocycles. The third kappa shape index (κ3) is 1.58. The molecule has 2 aromatic heterocycles. The van der Waals surface area contributed by atoms with Crippen LogP contribution in [0.15, 0.2) is 23.2 Å². The number of aromatic nitrogens is 3. The molecule has 0 amide bonds. The molecule has 0 bridgehead atoms. The fraction of sp³-hybridized carbons (Fsp3) is 0.400. The van der Waals surface area contributed by atoms with E-state index in [1.54, 1.807) is 6.20 Å². The van der Waals surface area contributed by atoms with Gasteiger partial charge in [-0.2, -0.15) is 0 Å². The normalized spacial score (nSPS) is 20.9. The predicted octanol–water partition coefficient (Wildman–Crippen LogP) is 1.06. The number of imidazole rings is 1. The number of halogens is 1. The van der Waals surface area contributed by atoms with Crippen LogP contribution in [0.1, 0.15) is 6.42 Å². The Morgan fingerprint density at radius 2 is 2.38 bits per heavy atom. The van der Waals surface area contributed by atoms with Gasteiger partial charge in [-0.15, -0.1) is 0 Å². The van der Waals surface area contributed by atoms with Gasteiger partial charge >= 0.3 is 0 Å². The lowest BCUT2D eigenvalue weighted by molar-refractivity contribution is 0.198. The molecular formula is C10H11BrN4O. The van der Waals surface area contributed by atoms with Crippen LogP contribution < -0.4 is 4.90 Å². The highest BCUT2D eigenvalue weighted by molar-refractivity contribution is 9.10. The minimum Gasteiger partial charge on any atom is -0.391 e. The second-order valence-electron chi connectivity index (χ2n) is 3.93. The van der Waals surface area contributed by atoms with E-state index in [-0.39, 0.29) is 6.10 Å². The zero-order valence-corrected chi connectivity index (χ0v) is 10.1. The summed E-state index contributed by atoms with van der Waals surface area (Å²) in [5, 5.41) is 9.54. The second kappa shape index (κ2) is 3.71. The molecule has 0 radical (unpaired) electrons. The Morgan fingerprint density at radius 1 is 1.50 bits per heavy atom. The Balaban J connectivity index is 2.11. The summed E-state index contributed by atoms with van der Waals surface area (Å²) in [5.74, 6) is 0.830. The molecule has 1 fully saturated rings. The third-order valence-electron chi connectivity index (χ3n) is 2.79. The van der Waals surface area contributed by atoms with Crippen molar-refractivity contribution in [1.82, 2.24) is 14.4 Å². The van der Waals surface area contributed by atoms with E-state index in [4.69, 9.17) is 0 Å². The standard InChI is InChI=1S/C10H11BrN4O/c11-8-6-15-4-2-12-9(15)10(13-8)14-3-1-7(16)5-14/h2,4,6-7,16H,1,3,5H2. The van der Waals surface area contributed by atoms with Gasteiger partial charge in [0.15, 0.2) is 11.5 Å². The molecule has 1 unspecified atom stereocenters. The van der Waals surface area contributed by atoms with Crippen LogP contribution in [0.2, 0.25) is 0 Å². The van der Waals surface area contributed by atoms with Gasteiger partial charge in [-0.1, -0.05) is 0 Å². The molecule has 1 atom stereocenters. The molecule has 84 valence electrons. The molecule has 3 rings (SSSR count). The lowest BCUT2D eigenvalue weighted by Crippen LogP contribution is -2.23. The van der Waals surface area contributed by atoms with Crippen LogP contribution in [-0.2, 0) is 0 Å². The number of nitrogens with zero attached hydrogens (tertiary/aromatic N) is 4. The number of hydrogen-bond donors (Lipinski definition) is 1. The Bertz CT molecular complexity index is 527. The van der Waals surface area contributed by atoms with Gasteiger partial charge in [0, 0.05) is 31.7 Å². The highest BCUT2D eigenvalue weighted by Gasteiger charge is 2.23. The Morgan fingerprint density at radius 3 is 3.12 bits per heavy atom. The van der Waals surface area contributed by atoms with Crippen molar-refractivity contribution in [3.05, 3.63) is 23.2 Å². The summed E-state index contributed by atoms with van der Waals surface area (Å²) in [6.07, 6.45) is 6.05. The van der Waals surface area contributed by atoms with Gasteiger partial charge in [0.05, 0.1) is 6.10 Å². The van der Waals surface area contributed by atoms with Crippen molar-refractivity contribution >= 4 is 27.4 Å². The van der Waals surface area contributed by atoms with Crippen LogP contribution in [0.4, 0.5) is 5.82 Å². The molecule has 1 aliphatic heterocycles. The minimum atomic E-state index is -0.254. The first kappa shape index (κ1) is 10.0. The minimum absolute atomic E-state index is 0.254. The number of aliphatic hydroxyl groups excluding tert-OH is 1. The van der Waals surface area contributed by atoms with Gasteiger partial charge in [-0.25, -0.2) is 9.97 Å². The summed E-state index contributed by atoms with van der Waals surface area (Å²) in [4.78, 5) is 10.8. The average molecular weight is 283 g/mol. The molecule has 3 heterocycles. The molecule has 0 aliphatic carbocycles. The monoisotopic (exact) mass is 282 g/mol. The van der Waals surface area contributed by atoms with E-state index >= 15 is 0 Å². The number of anilines is 1. The molecule has 1 N–H and O–H groups in total. The summed E-state index contributed by atoms with van der Waals surface area (Å²) in [6, 6.07) is 0. The molecule has 16 heavy (non-hydrogen) atoms. The van der Waals surface area contributed by atoms with E-state index in [0.29, 0.717) is 6.54 Å². The fourth-order valence-electron chi connectivity index (χ4n) is 2.03. The van der Waals surface area contributed by atoms with E-state index in [0.717, 1.165) is 29.0 Å². The summed E-state index contributed by atoms with van der Waals surface area (Å²) < 4.78 is 2.70. The maximum Gasteiger partial charge on any atom is 0.180 e. The first-order chi connectivity index (χ1) is 7.74. The van der Waals surface area contributed by atoms with Crippen molar-refractivity contribution in [2.45, 2.75) is 12.5 Å². The van der Waals surface area contributed by atoms with Crippen molar-refractivity contribution in [3.63, 3.8) is 0 Å². The van der Waals surface area contributed by atoms with Gasteiger partial charge < -0.3 is 14.4 Å². The van der Waals surface area contributed by atoms with Gasteiger partial charge in [0.2, 0.25) is 0 Å². The first-order valence-electron chi connectivity index (χ1n) is 5.16. The Hall–Kier alpha value is -1.14. The molecule has 6 heteroatoms. The smallest absolute Gasteiger partial charge is 0.180 e. The molecular weight excluding hydrogens is 272 g/mol. The van der Waals surface area contributed by atoms with Crippen molar-refractivity contribution in [2.24, 2.45) is 0 Å². The van der Waals surface area contributed by atoms with E-state index in [1.807, 2.05) is 16.8 Å². The largest absolute Gasteiger partial charge is 0.391 e. The summed E-state index contributed by atoms with van der Waals surface area (Å²) in [6.45, 7) is 1.46. The zero-order chi connectivity index (χ0) is 11.1. The molecule has 2 aromatic rings. The Labute approximate surface area is 101 Å². The topological polar surface area (TPSA) is 53.7 Å². The van der Waals surface area contributed by atoms with Gasteiger partial charge in [-0.3, -0.25) is 0 Å². The van der Waals surface area contributed by atoms with Gasteiger partial charge in [0.1, 0.15) is 4.60 Å². The maximum atomic E-state index is 9.54. The predicted molar refractivity (Wildman–Crippen MR) is 63.5 cm³/mol. The lowest BCUT2D eigenvalue weighted by Gasteiger charge is -2.17. The van der Waals surface area contributed by atoms with E-state index in [9.17, 15) is 5.11 Å². The summed E-state index contributed by atoms with van der Waals surface area (Å²) in [5.41, 5.74) is 0.831. The van der Waals surface area contributed by atoms with Crippen molar-refractivity contribution < 1.29 is 5.11 Å². The van der Waals surface area contributed by atoms with Crippen molar-refractivity contribution in [1.29, 1.82) is 0 Å². The number of β-amino-alcohol motifs (C(OH)–C–C–N with tert-alkyl or cyclic N) is 1. The Kier molecular flexibility index (Phi) is 2.33. The SMILES string of the molecule is OC1CCN(c2nc(Br)cn3ccnc23)C1. The second-order valence-corrected chi connectivity index (χ2v) is 4.75. The van der Waals surface area contributed by atoms with Crippen LogP contribution in [0.5, 0.6) is 0 Å². The quantitative estimate of drug-likeness (QED) is 0.850.